The Kier molecular flexibility index (Phi) is 3.83. The molecule has 4 heteroatoms. The van der Waals surface area contributed by atoms with Crippen LogP contribution in [0, 0.1) is 17.2 Å². The molecule has 0 unspecified atom stereocenters. The summed E-state index contributed by atoms with van der Waals surface area (Å²) in [6.45, 7) is 0. The number of carbonyl (C=O) groups is 1. The maximum Gasteiger partial charge on any atom is 0.229 e. The van der Waals surface area contributed by atoms with Crippen LogP contribution in [0.4, 0.5) is 5.88 Å². The van der Waals surface area contributed by atoms with E-state index in [0.717, 1.165) is 24.0 Å². The number of furan rings is 1. The van der Waals surface area contributed by atoms with Crippen molar-refractivity contribution in [2.24, 2.45) is 5.92 Å². The van der Waals surface area contributed by atoms with Crippen LogP contribution in [-0.4, -0.2) is 5.91 Å². The van der Waals surface area contributed by atoms with Gasteiger partial charge in [0.05, 0.1) is 0 Å². The SMILES string of the molecule is N#Cc1c(NC(=O)C2CC2)oc(-c2ccccc2)c1-c1ccccc1. The molecule has 4 rings (SSSR count). The van der Waals surface area contributed by atoms with E-state index in [1.165, 1.54) is 0 Å². The highest BCUT2D eigenvalue weighted by molar-refractivity contribution is 5.97. The number of nitrogens with one attached hydrogen (secondary N) is 1. The van der Waals surface area contributed by atoms with E-state index in [2.05, 4.69) is 11.4 Å². The molecule has 25 heavy (non-hydrogen) atoms. The van der Waals surface area contributed by atoms with Crippen molar-refractivity contribution in [3.8, 4) is 28.5 Å². The lowest BCUT2D eigenvalue weighted by Crippen LogP contribution is -2.13. The smallest absolute Gasteiger partial charge is 0.229 e. The average molecular weight is 328 g/mol. The van der Waals surface area contributed by atoms with E-state index in [0.29, 0.717) is 16.9 Å². The largest absolute Gasteiger partial charge is 0.438 e. The number of amides is 1. The van der Waals surface area contributed by atoms with Gasteiger partial charge in [-0.2, -0.15) is 5.26 Å². The fourth-order valence-corrected chi connectivity index (χ4v) is 2.86. The van der Waals surface area contributed by atoms with Gasteiger partial charge in [0.15, 0.2) is 0 Å². The maximum atomic E-state index is 12.2. The Bertz CT molecular complexity index is 949. The summed E-state index contributed by atoms with van der Waals surface area (Å²) in [6, 6.07) is 21.5. The quantitative estimate of drug-likeness (QED) is 0.745. The number of hydrogen-bond donors (Lipinski definition) is 1. The first kappa shape index (κ1) is 15.2. The second-order valence-corrected chi connectivity index (χ2v) is 6.12. The highest BCUT2D eigenvalue weighted by atomic mass is 16.4. The molecule has 4 nitrogen and oxygen atoms in total. The molecule has 1 N–H and O–H groups in total. The van der Waals surface area contributed by atoms with Crippen LogP contribution >= 0.6 is 0 Å². The minimum absolute atomic E-state index is 0.0389. The van der Waals surface area contributed by atoms with Crippen LogP contribution in [0.5, 0.6) is 0 Å². The van der Waals surface area contributed by atoms with E-state index in [9.17, 15) is 10.1 Å². The van der Waals surface area contributed by atoms with E-state index in [1.807, 2.05) is 60.7 Å². The van der Waals surface area contributed by atoms with Crippen molar-refractivity contribution in [2.45, 2.75) is 12.8 Å². The molecule has 0 radical (unpaired) electrons. The number of nitrogens with zero attached hydrogens (tertiary/aromatic N) is 1. The van der Waals surface area contributed by atoms with Crippen LogP contribution in [0.3, 0.4) is 0 Å². The molecule has 3 aromatic rings. The summed E-state index contributed by atoms with van der Waals surface area (Å²) in [5.41, 5.74) is 2.82. The lowest BCUT2D eigenvalue weighted by Gasteiger charge is -2.03. The van der Waals surface area contributed by atoms with E-state index in [4.69, 9.17) is 4.42 Å². The highest BCUT2D eigenvalue weighted by Crippen LogP contribution is 2.42. The number of anilines is 1. The number of nitriles is 1. The Labute approximate surface area is 145 Å². The number of carbonyl (C=O) groups excluding carboxylic acids is 1. The van der Waals surface area contributed by atoms with E-state index in [1.54, 1.807) is 0 Å². The molecule has 1 saturated carbocycles. The Hall–Kier alpha value is -3.32. The Morgan fingerprint density at radius 3 is 2.16 bits per heavy atom. The number of hydrogen-bond acceptors (Lipinski definition) is 3. The first-order valence-electron chi connectivity index (χ1n) is 8.26. The summed E-state index contributed by atoms with van der Waals surface area (Å²) in [4.78, 5) is 12.2. The molecule has 1 heterocycles. The molecule has 0 saturated heterocycles. The molecule has 0 spiro atoms. The number of benzene rings is 2. The van der Waals surface area contributed by atoms with Crippen molar-refractivity contribution in [1.29, 1.82) is 5.26 Å². The van der Waals surface area contributed by atoms with Crippen molar-refractivity contribution in [1.82, 2.24) is 0 Å². The molecular formula is C21H16N2O2. The van der Waals surface area contributed by atoms with Crippen LogP contribution in [0.15, 0.2) is 65.1 Å². The molecule has 0 bridgehead atoms. The van der Waals surface area contributed by atoms with Gasteiger partial charge < -0.3 is 4.42 Å². The van der Waals surface area contributed by atoms with Gasteiger partial charge in [0, 0.05) is 17.0 Å². The second-order valence-electron chi connectivity index (χ2n) is 6.12. The summed E-state index contributed by atoms with van der Waals surface area (Å²) >= 11 is 0. The van der Waals surface area contributed by atoms with Crippen LogP contribution in [0.1, 0.15) is 18.4 Å². The average Bonchev–Trinajstić information content (AvgIpc) is 3.45. The monoisotopic (exact) mass is 328 g/mol. The zero-order chi connectivity index (χ0) is 17.2. The summed E-state index contributed by atoms with van der Waals surface area (Å²) in [7, 11) is 0. The van der Waals surface area contributed by atoms with Gasteiger partial charge in [0.25, 0.3) is 0 Å². The summed E-state index contributed by atoms with van der Waals surface area (Å²) in [6.07, 6.45) is 1.79. The predicted molar refractivity (Wildman–Crippen MR) is 95.6 cm³/mol. The summed E-state index contributed by atoms with van der Waals surface area (Å²) in [5.74, 6) is 0.785. The van der Waals surface area contributed by atoms with Gasteiger partial charge in [-0.05, 0) is 18.4 Å². The van der Waals surface area contributed by atoms with Gasteiger partial charge in [-0.25, -0.2) is 0 Å². The molecule has 1 amide bonds. The Morgan fingerprint density at radius 2 is 1.60 bits per heavy atom. The van der Waals surface area contributed by atoms with Crippen LogP contribution < -0.4 is 5.32 Å². The van der Waals surface area contributed by atoms with Gasteiger partial charge in [-0.3, -0.25) is 10.1 Å². The van der Waals surface area contributed by atoms with Crippen LogP contribution in [0.25, 0.3) is 22.5 Å². The van der Waals surface area contributed by atoms with E-state index < -0.39 is 0 Å². The third-order valence-corrected chi connectivity index (χ3v) is 4.30. The third kappa shape index (κ3) is 2.92. The first-order valence-corrected chi connectivity index (χ1v) is 8.26. The molecular weight excluding hydrogens is 312 g/mol. The van der Waals surface area contributed by atoms with Crippen molar-refractivity contribution < 1.29 is 9.21 Å². The minimum Gasteiger partial charge on any atom is -0.438 e. The molecule has 122 valence electrons. The molecule has 1 aliphatic carbocycles. The highest BCUT2D eigenvalue weighted by Gasteiger charge is 2.32. The Morgan fingerprint density at radius 1 is 1.00 bits per heavy atom. The van der Waals surface area contributed by atoms with Crippen molar-refractivity contribution in [3.63, 3.8) is 0 Å². The molecule has 1 fully saturated rings. The van der Waals surface area contributed by atoms with Gasteiger partial charge in [0.2, 0.25) is 11.8 Å². The molecule has 2 aromatic carbocycles. The molecule has 1 aliphatic rings. The number of rotatable bonds is 4. The van der Waals surface area contributed by atoms with Crippen LogP contribution in [-0.2, 0) is 4.79 Å². The van der Waals surface area contributed by atoms with E-state index >= 15 is 0 Å². The van der Waals surface area contributed by atoms with Gasteiger partial charge in [-0.1, -0.05) is 60.7 Å². The van der Waals surface area contributed by atoms with E-state index in [-0.39, 0.29) is 17.7 Å². The second kappa shape index (κ2) is 6.29. The standard InChI is InChI=1S/C21H16N2O2/c22-13-17-18(14-7-3-1-4-8-14)19(15-9-5-2-6-10-15)25-21(17)23-20(24)16-11-12-16/h1-10,16H,11-12H2,(H,23,24). The summed E-state index contributed by atoms with van der Waals surface area (Å²) < 4.78 is 5.97. The topological polar surface area (TPSA) is 66.0 Å². The van der Waals surface area contributed by atoms with Crippen molar-refractivity contribution in [3.05, 3.63) is 66.2 Å². The summed E-state index contributed by atoms with van der Waals surface area (Å²) in [5, 5.41) is 12.5. The maximum absolute atomic E-state index is 12.2. The lowest BCUT2D eigenvalue weighted by molar-refractivity contribution is -0.117. The fourth-order valence-electron chi connectivity index (χ4n) is 2.86. The fraction of sp³-hybridized carbons (Fsp3) is 0.143. The van der Waals surface area contributed by atoms with Crippen LogP contribution in [0.2, 0.25) is 0 Å². The lowest BCUT2D eigenvalue weighted by atomic mass is 9.98. The molecule has 0 aliphatic heterocycles. The zero-order valence-corrected chi connectivity index (χ0v) is 13.5. The predicted octanol–water partition coefficient (Wildman–Crippen LogP) is 4.83. The normalized spacial score (nSPS) is 13.2. The van der Waals surface area contributed by atoms with Gasteiger partial charge in [-0.15, -0.1) is 0 Å². The minimum atomic E-state index is -0.0792. The Balaban J connectivity index is 1.88. The van der Waals surface area contributed by atoms with Gasteiger partial charge in [0.1, 0.15) is 17.4 Å². The molecule has 0 atom stereocenters. The van der Waals surface area contributed by atoms with Crippen molar-refractivity contribution >= 4 is 11.8 Å². The van der Waals surface area contributed by atoms with Crippen molar-refractivity contribution in [2.75, 3.05) is 5.32 Å². The first-order chi connectivity index (χ1) is 12.3. The van der Waals surface area contributed by atoms with Gasteiger partial charge >= 0.3 is 0 Å². The zero-order valence-electron chi connectivity index (χ0n) is 13.5. The third-order valence-electron chi connectivity index (χ3n) is 4.30. The molecule has 1 aromatic heterocycles.